The lowest BCUT2D eigenvalue weighted by Gasteiger charge is -2.03. The molecule has 2 aromatic rings. The van der Waals surface area contributed by atoms with Gasteiger partial charge in [0.05, 0.1) is 10.7 Å². The smallest absolute Gasteiger partial charge is 0.257 e. The van der Waals surface area contributed by atoms with Crippen molar-refractivity contribution in [2.24, 2.45) is 0 Å². The monoisotopic (exact) mass is 267 g/mol. The number of carbonyl (C=O) groups is 1. The number of aromatic nitrogens is 1. The van der Waals surface area contributed by atoms with Crippen LogP contribution in [0.5, 0.6) is 0 Å². The molecule has 0 bridgehead atoms. The highest BCUT2D eigenvalue weighted by molar-refractivity contribution is 7.15. The van der Waals surface area contributed by atoms with Crippen LogP contribution in [0.2, 0.25) is 5.02 Å². The Labute approximate surface area is 107 Å². The number of hydrogen-bond acceptors (Lipinski definition) is 4. The third-order valence-electron chi connectivity index (χ3n) is 2.10. The van der Waals surface area contributed by atoms with Gasteiger partial charge in [-0.1, -0.05) is 11.6 Å². The van der Waals surface area contributed by atoms with Crippen molar-refractivity contribution in [3.63, 3.8) is 0 Å². The molecule has 0 spiro atoms. The lowest BCUT2D eigenvalue weighted by Crippen LogP contribution is -2.11. The number of aryl methyl sites for hydroxylation is 1. The van der Waals surface area contributed by atoms with E-state index in [4.69, 9.17) is 17.3 Å². The maximum absolute atomic E-state index is 11.8. The molecule has 0 saturated carbocycles. The number of carbonyl (C=O) groups excluding carboxylic acids is 1. The lowest BCUT2D eigenvalue weighted by atomic mass is 10.2. The second-order valence-corrected chi connectivity index (χ2v) is 5.11. The number of nitrogens with one attached hydrogen (secondary N) is 1. The molecule has 0 fully saturated rings. The normalized spacial score (nSPS) is 10.2. The Balaban J connectivity index is 2.17. The van der Waals surface area contributed by atoms with Crippen molar-refractivity contribution in [3.8, 4) is 0 Å². The number of nitrogens with zero attached hydrogens (tertiary/aromatic N) is 1. The van der Waals surface area contributed by atoms with E-state index in [9.17, 15) is 4.79 Å². The van der Waals surface area contributed by atoms with Gasteiger partial charge in [-0.3, -0.25) is 10.1 Å². The van der Waals surface area contributed by atoms with Crippen molar-refractivity contribution in [2.45, 2.75) is 6.92 Å². The topological polar surface area (TPSA) is 68.0 Å². The van der Waals surface area contributed by atoms with Crippen LogP contribution in [0.1, 0.15) is 15.2 Å². The Morgan fingerprint density at radius 2 is 2.29 bits per heavy atom. The molecule has 6 heteroatoms. The minimum atomic E-state index is -0.247. The van der Waals surface area contributed by atoms with Gasteiger partial charge in [0.25, 0.3) is 5.91 Å². The zero-order valence-corrected chi connectivity index (χ0v) is 10.6. The van der Waals surface area contributed by atoms with Crippen molar-refractivity contribution in [2.75, 3.05) is 11.1 Å². The summed E-state index contributed by atoms with van der Waals surface area (Å²) >= 11 is 7.20. The van der Waals surface area contributed by atoms with Gasteiger partial charge in [-0.05, 0) is 25.1 Å². The number of rotatable bonds is 2. The standard InChI is InChI=1S/C11H10ClN3OS/c1-6-5-14-11(17-6)15-10(16)7-2-3-8(12)9(13)4-7/h2-5H,13H2,1H3,(H,14,15,16). The molecule has 0 radical (unpaired) electrons. The summed E-state index contributed by atoms with van der Waals surface area (Å²) in [4.78, 5) is 16.9. The van der Waals surface area contributed by atoms with Crippen LogP contribution in [-0.2, 0) is 0 Å². The summed E-state index contributed by atoms with van der Waals surface area (Å²) in [6, 6.07) is 4.76. The highest BCUT2D eigenvalue weighted by Gasteiger charge is 2.09. The average Bonchev–Trinajstić information content (AvgIpc) is 2.68. The molecule has 0 unspecified atom stereocenters. The second-order valence-electron chi connectivity index (χ2n) is 3.47. The van der Waals surface area contributed by atoms with Gasteiger partial charge in [0.2, 0.25) is 0 Å². The summed E-state index contributed by atoms with van der Waals surface area (Å²) in [6.45, 7) is 1.92. The Hall–Kier alpha value is -1.59. The molecule has 1 amide bonds. The van der Waals surface area contributed by atoms with Crippen molar-refractivity contribution in [1.82, 2.24) is 4.98 Å². The van der Waals surface area contributed by atoms with Crippen molar-refractivity contribution >= 4 is 39.7 Å². The fraction of sp³-hybridized carbons (Fsp3) is 0.0909. The van der Waals surface area contributed by atoms with Crippen molar-refractivity contribution in [3.05, 3.63) is 39.9 Å². The van der Waals surface area contributed by atoms with Gasteiger partial charge in [-0.25, -0.2) is 4.98 Å². The molecule has 3 N–H and O–H groups in total. The van der Waals surface area contributed by atoms with E-state index in [0.29, 0.717) is 21.4 Å². The van der Waals surface area contributed by atoms with Crippen LogP contribution in [0.3, 0.4) is 0 Å². The van der Waals surface area contributed by atoms with Crippen LogP contribution < -0.4 is 11.1 Å². The van der Waals surface area contributed by atoms with Crippen LogP contribution in [-0.4, -0.2) is 10.9 Å². The van der Waals surface area contributed by atoms with Crippen molar-refractivity contribution in [1.29, 1.82) is 0 Å². The van der Waals surface area contributed by atoms with E-state index in [1.54, 1.807) is 18.3 Å². The first-order valence-electron chi connectivity index (χ1n) is 4.85. The maximum atomic E-state index is 11.8. The first-order valence-corrected chi connectivity index (χ1v) is 6.04. The lowest BCUT2D eigenvalue weighted by molar-refractivity contribution is 0.102. The first-order chi connectivity index (χ1) is 8.06. The van der Waals surface area contributed by atoms with E-state index in [1.165, 1.54) is 17.4 Å². The number of nitrogens with two attached hydrogens (primary N) is 1. The number of amides is 1. The summed E-state index contributed by atoms with van der Waals surface area (Å²) in [5.74, 6) is -0.247. The van der Waals surface area contributed by atoms with Gasteiger partial charge in [0.1, 0.15) is 0 Å². The molecule has 4 nitrogen and oxygen atoms in total. The highest BCUT2D eigenvalue weighted by atomic mass is 35.5. The third-order valence-corrected chi connectivity index (χ3v) is 3.27. The number of hydrogen-bond donors (Lipinski definition) is 2. The predicted octanol–water partition coefficient (Wildman–Crippen LogP) is 2.94. The van der Waals surface area contributed by atoms with Crippen molar-refractivity contribution < 1.29 is 4.79 Å². The fourth-order valence-corrected chi connectivity index (χ4v) is 2.04. The molecular formula is C11H10ClN3OS. The van der Waals surface area contributed by atoms with E-state index in [1.807, 2.05) is 6.92 Å². The zero-order chi connectivity index (χ0) is 12.4. The minimum Gasteiger partial charge on any atom is -0.398 e. The van der Waals surface area contributed by atoms with Gasteiger partial charge in [0, 0.05) is 16.6 Å². The van der Waals surface area contributed by atoms with E-state index in [2.05, 4.69) is 10.3 Å². The highest BCUT2D eigenvalue weighted by Crippen LogP contribution is 2.21. The molecule has 0 aliphatic carbocycles. The summed E-state index contributed by atoms with van der Waals surface area (Å²) in [5.41, 5.74) is 6.47. The van der Waals surface area contributed by atoms with Gasteiger partial charge in [-0.2, -0.15) is 0 Å². The molecule has 17 heavy (non-hydrogen) atoms. The Morgan fingerprint density at radius 1 is 1.53 bits per heavy atom. The maximum Gasteiger partial charge on any atom is 0.257 e. The van der Waals surface area contributed by atoms with Gasteiger partial charge in [0.15, 0.2) is 5.13 Å². The quantitative estimate of drug-likeness (QED) is 0.822. The molecule has 0 atom stereocenters. The Kier molecular flexibility index (Phi) is 3.31. The second kappa shape index (κ2) is 4.73. The summed E-state index contributed by atoms with van der Waals surface area (Å²) in [5, 5.41) is 3.70. The van der Waals surface area contributed by atoms with Crippen LogP contribution in [0.25, 0.3) is 0 Å². The van der Waals surface area contributed by atoms with Crippen LogP contribution in [0, 0.1) is 6.92 Å². The number of nitrogen functional groups attached to an aromatic ring is 1. The van der Waals surface area contributed by atoms with Gasteiger partial charge in [-0.15, -0.1) is 11.3 Å². The van der Waals surface area contributed by atoms with Crippen LogP contribution >= 0.6 is 22.9 Å². The number of thiazole rings is 1. The van der Waals surface area contributed by atoms with Crippen LogP contribution in [0.15, 0.2) is 24.4 Å². The van der Waals surface area contributed by atoms with Crippen LogP contribution in [0.4, 0.5) is 10.8 Å². The summed E-state index contributed by atoms with van der Waals surface area (Å²) in [6.07, 6.45) is 1.70. The number of halogens is 1. The molecule has 0 aliphatic rings. The molecule has 88 valence electrons. The Morgan fingerprint density at radius 3 is 2.88 bits per heavy atom. The third kappa shape index (κ3) is 2.75. The predicted molar refractivity (Wildman–Crippen MR) is 70.7 cm³/mol. The minimum absolute atomic E-state index is 0.247. The van der Waals surface area contributed by atoms with Gasteiger partial charge >= 0.3 is 0 Å². The zero-order valence-electron chi connectivity index (χ0n) is 9.03. The number of anilines is 2. The summed E-state index contributed by atoms with van der Waals surface area (Å²) in [7, 11) is 0. The summed E-state index contributed by atoms with van der Waals surface area (Å²) < 4.78 is 0. The van der Waals surface area contributed by atoms with Gasteiger partial charge < -0.3 is 5.73 Å². The fourth-order valence-electron chi connectivity index (χ4n) is 1.27. The van der Waals surface area contributed by atoms with E-state index < -0.39 is 0 Å². The SMILES string of the molecule is Cc1cnc(NC(=O)c2ccc(Cl)c(N)c2)s1. The first kappa shape index (κ1) is 11.9. The number of benzene rings is 1. The molecule has 1 aromatic heterocycles. The largest absolute Gasteiger partial charge is 0.398 e. The van der Waals surface area contributed by atoms with E-state index in [0.717, 1.165) is 4.88 Å². The molecular weight excluding hydrogens is 258 g/mol. The molecule has 1 aromatic carbocycles. The molecule has 1 heterocycles. The van der Waals surface area contributed by atoms with E-state index in [-0.39, 0.29) is 5.91 Å². The molecule has 0 saturated heterocycles. The molecule has 0 aliphatic heterocycles. The Bertz CT molecular complexity index is 568. The molecule has 2 rings (SSSR count). The average molecular weight is 268 g/mol. The van der Waals surface area contributed by atoms with E-state index >= 15 is 0 Å².